The quantitative estimate of drug-likeness (QED) is 0.784. The first kappa shape index (κ1) is 15.3. The summed E-state index contributed by atoms with van der Waals surface area (Å²) in [6.45, 7) is 8.12. The van der Waals surface area contributed by atoms with Gasteiger partial charge in [-0.05, 0) is 38.4 Å². The third-order valence-corrected chi connectivity index (χ3v) is 4.76. The summed E-state index contributed by atoms with van der Waals surface area (Å²) in [5.74, 6) is 1.50. The van der Waals surface area contributed by atoms with Gasteiger partial charge in [-0.25, -0.2) is 0 Å². The molecule has 1 amide bonds. The zero-order valence-corrected chi connectivity index (χ0v) is 13.7. The van der Waals surface area contributed by atoms with Crippen LogP contribution in [-0.4, -0.2) is 41.4 Å². The van der Waals surface area contributed by atoms with E-state index < -0.39 is 0 Å². The highest BCUT2D eigenvalue weighted by atomic mass is 16.4. The summed E-state index contributed by atoms with van der Waals surface area (Å²) in [7, 11) is 0. The number of carbonyl (C=O) groups is 1. The Hall–Kier alpha value is -1.55. The van der Waals surface area contributed by atoms with Gasteiger partial charge in [0, 0.05) is 25.1 Å². The highest BCUT2D eigenvalue weighted by molar-refractivity contribution is 5.92. The topological polar surface area (TPSA) is 36.7 Å². The van der Waals surface area contributed by atoms with Gasteiger partial charge in [0.05, 0.1) is 6.04 Å². The zero-order valence-electron chi connectivity index (χ0n) is 13.7. The lowest BCUT2D eigenvalue weighted by Gasteiger charge is -2.22. The van der Waals surface area contributed by atoms with Gasteiger partial charge in [0.25, 0.3) is 5.91 Å². The Morgan fingerprint density at radius 2 is 2.09 bits per heavy atom. The number of amides is 1. The highest BCUT2D eigenvalue weighted by Gasteiger charge is 2.28. The second-order valence-corrected chi connectivity index (χ2v) is 6.26. The number of likely N-dealkylation sites (tertiary alicyclic amines) is 1. The molecule has 120 valence electrons. The van der Waals surface area contributed by atoms with Crippen LogP contribution in [0.25, 0.3) is 0 Å². The predicted molar refractivity (Wildman–Crippen MR) is 86.9 cm³/mol. The lowest BCUT2D eigenvalue weighted by Crippen LogP contribution is -2.35. The molecule has 1 aromatic heterocycles. The molecule has 0 saturated carbocycles. The molecule has 0 N–H and O–H groups in total. The van der Waals surface area contributed by atoms with Gasteiger partial charge in [-0.2, -0.15) is 0 Å². The molecule has 2 aliphatic rings. The molecule has 3 heterocycles. The maximum atomic E-state index is 12.7. The number of rotatable bonds is 5. The SMILES string of the molecule is CCc1oc(C(=O)N2CC=CC2CC)cc1CN1CCCC1. The van der Waals surface area contributed by atoms with E-state index in [2.05, 4.69) is 30.9 Å². The third kappa shape index (κ3) is 2.98. The first-order valence-electron chi connectivity index (χ1n) is 8.54. The van der Waals surface area contributed by atoms with Crippen molar-refractivity contribution in [2.75, 3.05) is 19.6 Å². The summed E-state index contributed by atoms with van der Waals surface area (Å²) in [4.78, 5) is 17.1. The predicted octanol–water partition coefficient (Wildman–Crippen LogP) is 3.23. The number of carbonyl (C=O) groups excluding carboxylic acids is 1. The summed E-state index contributed by atoms with van der Waals surface area (Å²) >= 11 is 0. The molecule has 0 radical (unpaired) electrons. The molecular weight excluding hydrogens is 276 g/mol. The minimum atomic E-state index is 0.0271. The molecule has 22 heavy (non-hydrogen) atoms. The number of hydrogen-bond donors (Lipinski definition) is 0. The Kier molecular flexibility index (Phi) is 4.67. The molecule has 1 aromatic rings. The van der Waals surface area contributed by atoms with Crippen molar-refractivity contribution in [1.29, 1.82) is 0 Å². The van der Waals surface area contributed by atoms with Crippen LogP contribution in [0.3, 0.4) is 0 Å². The lowest BCUT2D eigenvalue weighted by molar-refractivity contribution is 0.0713. The molecule has 0 bridgehead atoms. The van der Waals surface area contributed by atoms with Crippen LogP contribution in [0, 0.1) is 0 Å². The number of nitrogens with zero attached hydrogens (tertiary/aromatic N) is 2. The lowest BCUT2D eigenvalue weighted by atomic mass is 10.2. The van der Waals surface area contributed by atoms with E-state index in [1.165, 1.54) is 18.4 Å². The van der Waals surface area contributed by atoms with Crippen molar-refractivity contribution in [1.82, 2.24) is 9.80 Å². The van der Waals surface area contributed by atoms with Crippen molar-refractivity contribution in [3.8, 4) is 0 Å². The largest absolute Gasteiger partial charge is 0.456 e. The summed E-state index contributed by atoms with van der Waals surface area (Å²) in [5, 5.41) is 0. The third-order valence-electron chi connectivity index (χ3n) is 4.76. The summed E-state index contributed by atoms with van der Waals surface area (Å²) in [6, 6.07) is 2.19. The van der Waals surface area contributed by atoms with E-state index in [1.54, 1.807) is 0 Å². The van der Waals surface area contributed by atoms with Crippen molar-refractivity contribution in [3.63, 3.8) is 0 Å². The number of hydrogen-bond acceptors (Lipinski definition) is 3. The van der Waals surface area contributed by atoms with E-state index in [1.807, 2.05) is 11.0 Å². The Bertz CT molecular complexity index is 555. The summed E-state index contributed by atoms with van der Waals surface area (Å²) < 4.78 is 5.90. The molecule has 2 aliphatic heterocycles. The van der Waals surface area contributed by atoms with Crippen molar-refractivity contribution in [2.24, 2.45) is 0 Å². The summed E-state index contributed by atoms with van der Waals surface area (Å²) in [6.07, 6.45) is 8.54. The molecule has 1 atom stereocenters. The van der Waals surface area contributed by atoms with Crippen LogP contribution in [-0.2, 0) is 13.0 Å². The van der Waals surface area contributed by atoms with Gasteiger partial charge in [-0.1, -0.05) is 26.0 Å². The minimum absolute atomic E-state index is 0.0271. The Morgan fingerprint density at radius 1 is 1.32 bits per heavy atom. The van der Waals surface area contributed by atoms with E-state index >= 15 is 0 Å². The minimum Gasteiger partial charge on any atom is -0.456 e. The van der Waals surface area contributed by atoms with Crippen LogP contribution < -0.4 is 0 Å². The fourth-order valence-electron chi connectivity index (χ4n) is 3.49. The van der Waals surface area contributed by atoms with Gasteiger partial charge in [0.1, 0.15) is 5.76 Å². The van der Waals surface area contributed by atoms with Crippen LogP contribution >= 0.6 is 0 Å². The van der Waals surface area contributed by atoms with Crippen molar-refractivity contribution in [3.05, 3.63) is 35.3 Å². The molecule has 0 aliphatic carbocycles. The van der Waals surface area contributed by atoms with Crippen LogP contribution in [0.2, 0.25) is 0 Å². The monoisotopic (exact) mass is 302 g/mol. The molecular formula is C18H26N2O2. The van der Waals surface area contributed by atoms with Crippen LogP contribution in [0.4, 0.5) is 0 Å². The molecule has 0 spiro atoms. The van der Waals surface area contributed by atoms with E-state index in [4.69, 9.17) is 4.42 Å². The molecule has 1 fully saturated rings. The molecule has 1 unspecified atom stereocenters. The van der Waals surface area contributed by atoms with E-state index in [9.17, 15) is 4.79 Å². The molecule has 4 heteroatoms. The molecule has 3 rings (SSSR count). The Morgan fingerprint density at radius 3 is 2.77 bits per heavy atom. The van der Waals surface area contributed by atoms with Crippen molar-refractivity contribution < 1.29 is 9.21 Å². The number of aryl methyl sites for hydroxylation is 1. The van der Waals surface area contributed by atoms with Gasteiger partial charge in [0.15, 0.2) is 5.76 Å². The van der Waals surface area contributed by atoms with Crippen LogP contribution in [0.1, 0.15) is 55.0 Å². The van der Waals surface area contributed by atoms with E-state index in [0.717, 1.165) is 38.2 Å². The first-order chi connectivity index (χ1) is 10.7. The maximum Gasteiger partial charge on any atom is 0.290 e. The normalized spacial score (nSPS) is 21.9. The second-order valence-electron chi connectivity index (χ2n) is 6.26. The van der Waals surface area contributed by atoms with Crippen molar-refractivity contribution in [2.45, 2.75) is 52.1 Å². The average molecular weight is 302 g/mol. The highest BCUT2D eigenvalue weighted by Crippen LogP contribution is 2.24. The number of furan rings is 1. The fraction of sp³-hybridized carbons (Fsp3) is 0.611. The molecule has 1 saturated heterocycles. The van der Waals surface area contributed by atoms with Gasteiger partial charge >= 0.3 is 0 Å². The van der Waals surface area contributed by atoms with Crippen LogP contribution in [0.5, 0.6) is 0 Å². The van der Waals surface area contributed by atoms with Gasteiger partial charge in [-0.15, -0.1) is 0 Å². The van der Waals surface area contributed by atoms with E-state index in [-0.39, 0.29) is 11.9 Å². The summed E-state index contributed by atoms with van der Waals surface area (Å²) in [5.41, 5.74) is 1.19. The first-order valence-corrected chi connectivity index (χ1v) is 8.54. The Labute approximate surface area is 132 Å². The molecule has 0 aromatic carbocycles. The standard InChI is InChI=1S/C18H26N2O2/c1-3-15-8-7-11-20(15)18(21)17-12-14(16(4-2)22-17)13-19-9-5-6-10-19/h7-8,12,15H,3-6,9-11,13H2,1-2H3. The van der Waals surface area contributed by atoms with Crippen LogP contribution in [0.15, 0.2) is 22.6 Å². The maximum absolute atomic E-state index is 12.7. The fourth-order valence-corrected chi connectivity index (χ4v) is 3.49. The van der Waals surface area contributed by atoms with Gasteiger partial charge < -0.3 is 9.32 Å². The van der Waals surface area contributed by atoms with E-state index in [0.29, 0.717) is 12.3 Å². The second kappa shape index (κ2) is 6.69. The zero-order chi connectivity index (χ0) is 15.5. The molecule has 4 nitrogen and oxygen atoms in total. The average Bonchev–Trinajstić information content (AvgIpc) is 3.27. The Balaban J connectivity index is 1.76. The smallest absolute Gasteiger partial charge is 0.290 e. The van der Waals surface area contributed by atoms with Gasteiger partial charge in [0.2, 0.25) is 0 Å². The van der Waals surface area contributed by atoms with Crippen molar-refractivity contribution >= 4 is 5.91 Å². The van der Waals surface area contributed by atoms with Gasteiger partial charge in [-0.3, -0.25) is 9.69 Å².